The summed E-state index contributed by atoms with van der Waals surface area (Å²) in [6, 6.07) is 5.22. The van der Waals surface area contributed by atoms with Crippen molar-refractivity contribution in [2.24, 2.45) is 0 Å². The van der Waals surface area contributed by atoms with Crippen LogP contribution in [0.3, 0.4) is 0 Å². The molecule has 0 bridgehead atoms. The van der Waals surface area contributed by atoms with Gasteiger partial charge in [0, 0.05) is 40.7 Å². The molecule has 0 fully saturated rings. The normalized spacial score (nSPS) is 11.5. The van der Waals surface area contributed by atoms with Crippen molar-refractivity contribution in [3.05, 3.63) is 35.0 Å². The molecule has 4 N–H and O–H groups in total. The predicted octanol–water partition coefficient (Wildman–Crippen LogP) is 3.35. The van der Waals surface area contributed by atoms with E-state index in [1.807, 2.05) is 52.2 Å². The lowest BCUT2D eigenvalue weighted by molar-refractivity contribution is -0.137. The number of carbonyl (C=O) groups excluding carboxylic acids is 1. The van der Waals surface area contributed by atoms with Gasteiger partial charge in [0.1, 0.15) is 6.54 Å². The second-order valence-corrected chi connectivity index (χ2v) is 6.98. The van der Waals surface area contributed by atoms with Gasteiger partial charge < -0.3 is 25.6 Å². The lowest BCUT2D eigenvalue weighted by atomic mass is 10.2. The highest BCUT2D eigenvalue weighted by atomic mass is 32.2. The number of thioether (sulfide) groups is 1. The van der Waals surface area contributed by atoms with Crippen molar-refractivity contribution in [2.45, 2.75) is 32.2 Å². The Morgan fingerprint density at radius 3 is 2.69 bits per heavy atom. The Morgan fingerprint density at radius 2 is 2.08 bits per heavy atom. The Bertz CT molecular complexity index is 858. The summed E-state index contributed by atoms with van der Waals surface area (Å²) in [7, 11) is 1.83. The van der Waals surface area contributed by atoms with E-state index in [4.69, 9.17) is 0 Å². The zero-order chi connectivity index (χ0) is 19.3. The van der Waals surface area contributed by atoms with Crippen molar-refractivity contribution >= 4 is 40.4 Å². The number of nitrogens with one attached hydrogen (secondary N) is 3. The molecule has 0 radical (unpaired) electrons. The number of fused-ring (bicyclic) bond motifs is 1. The van der Waals surface area contributed by atoms with Gasteiger partial charge in [0.15, 0.2) is 0 Å². The van der Waals surface area contributed by atoms with E-state index in [9.17, 15) is 14.7 Å². The number of amides is 2. The van der Waals surface area contributed by atoms with Gasteiger partial charge in [-0.15, -0.1) is 0 Å². The number of carbonyl (C=O) groups is 2. The lowest BCUT2D eigenvalue weighted by Crippen LogP contribution is -2.28. The van der Waals surface area contributed by atoms with E-state index in [2.05, 4.69) is 16.0 Å². The number of hydrogen-bond acceptors (Lipinski definition) is 4. The van der Waals surface area contributed by atoms with Crippen molar-refractivity contribution in [3.8, 4) is 0 Å². The first-order valence-corrected chi connectivity index (χ1v) is 9.11. The molecule has 0 unspecified atom stereocenters. The maximum Gasteiger partial charge on any atom is 0.323 e. The summed E-state index contributed by atoms with van der Waals surface area (Å²) < 4.78 is 1.76. The second-order valence-electron chi connectivity index (χ2n) is 5.72. The largest absolute Gasteiger partial charge is 0.480 e. The SMILES string of the molecule is CCNC(=O)Nc1cccc2c1c(S/C(C)=C/NC)c(C)n2CC(=O)O. The highest BCUT2D eigenvalue weighted by Gasteiger charge is 2.20. The molecule has 0 aliphatic carbocycles. The Hall–Kier alpha value is -2.61. The number of rotatable bonds is 7. The van der Waals surface area contributed by atoms with Crippen molar-refractivity contribution in [1.29, 1.82) is 0 Å². The van der Waals surface area contributed by atoms with Gasteiger partial charge in [0.25, 0.3) is 0 Å². The van der Waals surface area contributed by atoms with Crippen LogP contribution in [0.5, 0.6) is 0 Å². The number of urea groups is 1. The molecule has 0 spiro atoms. The van der Waals surface area contributed by atoms with Crippen molar-refractivity contribution < 1.29 is 14.7 Å². The fourth-order valence-corrected chi connectivity index (χ4v) is 3.85. The first-order chi connectivity index (χ1) is 12.4. The van der Waals surface area contributed by atoms with Gasteiger partial charge in [0.2, 0.25) is 0 Å². The number of aliphatic carboxylic acids is 1. The molecular weight excluding hydrogens is 352 g/mol. The zero-order valence-electron chi connectivity index (χ0n) is 15.3. The van der Waals surface area contributed by atoms with Crippen LogP contribution in [0.15, 0.2) is 34.2 Å². The molecule has 1 heterocycles. The Kier molecular flexibility index (Phi) is 6.57. The van der Waals surface area contributed by atoms with Crippen LogP contribution in [0.4, 0.5) is 10.5 Å². The maximum absolute atomic E-state index is 12.0. The fourth-order valence-electron chi connectivity index (χ4n) is 2.78. The molecule has 1 aromatic heterocycles. The number of carboxylic acids is 1. The molecule has 0 saturated heterocycles. The van der Waals surface area contributed by atoms with E-state index < -0.39 is 5.97 Å². The van der Waals surface area contributed by atoms with E-state index >= 15 is 0 Å². The van der Waals surface area contributed by atoms with E-state index in [1.165, 1.54) is 11.8 Å². The number of hydrogen-bond donors (Lipinski definition) is 4. The van der Waals surface area contributed by atoms with Crippen LogP contribution in [-0.2, 0) is 11.3 Å². The van der Waals surface area contributed by atoms with Gasteiger partial charge >= 0.3 is 12.0 Å². The number of anilines is 1. The molecule has 2 rings (SSSR count). The summed E-state index contributed by atoms with van der Waals surface area (Å²) >= 11 is 1.54. The van der Waals surface area contributed by atoms with Crippen LogP contribution < -0.4 is 16.0 Å². The van der Waals surface area contributed by atoms with E-state index in [1.54, 1.807) is 4.57 Å². The molecule has 2 amide bonds. The first-order valence-electron chi connectivity index (χ1n) is 8.29. The minimum absolute atomic E-state index is 0.137. The molecule has 0 saturated carbocycles. The van der Waals surface area contributed by atoms with Gasteiger partial charge in [0.05, 0.1) is 11.2 Å². The molecule has 26 heavy (non-hydrogen) atoms. The monoisotopic (exact) mass is 376 g/mol. The number of carboxylic acid groups (broad SMARTS) is 1. The minimum Gasteiger partial charge on any atom is -0.480 e. The average molecular weight is 376 g/mol. The van der Waals surface area contributed by atoms with E-state index in [0.717, 1.165) is 26.4 Å². The predicted molar refractivity (Wildman–Crippen MR) is 106 cm³/mol. The Balaban J connectivity index is 2.64. The van der Waals surface area contributed by atoms with Crippen LogP contribution >= 0.6 is 11.8 Å². The molecule has 0 aliphatic heterocycles. The van der Waals surface area contributed by atoms with E-state index in [-0.39, 0.29) is 12.6 Å². The summed E-state index contributed by atoms with van der Waals surface area (Å²) in [5.74, 6) is -0.911. The highest BCUT2D eigenvalue weighted by molar-refractivity contribution is 8.03. The van der Waals surface area contributed by atoms with Crippen LogP contribution in [-0.4, -0.2) is 35.3 Å². The molecular formula is C18H24N4O3S. The van der Waals surface area contributed by atoms with Crippen LogP contribution in [0.1, 0.15) is 19.5 Å². The summed E-state index contributed by atoms with van der Waals surface area (Å²) in [6.07, 6.45) is 1.88. The summed E-state index contributed by atoms with van der Waals surface area (Å²) in [6.45, 7) is 6.10. The van der Waals surface area contributed by atoms with Gasteiger partial charge in [-0.2, -0.15) is 0 Å². The molecule has 2 aromatic rings. The fraction of sp³-hybridized carbons (Fsp3) is 0.333. The maximum atomic E-state index is 12.0. The highest BCUT2D eigenvalue weighted by Crippen LogP contribution is 2.41. The topological polar surface area (TPSA) is 95.4 Å². The Morgan fingerprint density at radius 1 is 1.35 bits per heavy atom. The summed E-state index contributed by atoms with van der Waals surface area (Å²) in [4.78, 5) is 25.3. The first kappa shape index (κ1) is 19.7. The molecule has 0 atom stereocenters. The quantitative estimate of drug-likeness (QED) is 0.556. The Labute approximate surface area is 156 Å². The van der Waals surface area contributed by atoms with Crippen molar-refractivity contribution in [1.82, 2.24) is 15.2 Å². The molecule has 0 aliphatic rings. The standard InChI is InChI=1S/C18H24N4O3S/c1-5-20-18(25)21-13-7-6-8-14-16(13)17(26-11(2)9-19-4)12(3)22(14)10-15(23)24/h6-9,19H,5,10H2,1-4H3,(H,23,24)(H2,20,21,25)/b11-9+. The van der Waals surface area contributed by atoms with Crippen LogP contribution in [0.2, 0.25) is 0 Å². The number of nitrogens with zero attached hydrogens (tertiary/aromatic N) is 1. The van der Waals surface area contributed by atoms with Crippen molar-refractivity contribution in [3.63, 3.8) is 0 Å². The molecule has 140 valence electrons. The minimum atomic E-state index is -0.911. The molecule has 8 heteroatoms. The van der Waals surface area contributed by atoms with Gasteiger partial charge in [-0.25, -0.2) is 4.79 Å². The van der Waals surface area contributed by atoms with Crippen LogP contribution in [0.25, 0.3) is 10.9 Å². The number of benzene rings is 1. The smallest absolute Gasteiger partial charge is 0.323 e. The number of allylic oxidation sites excluding steroid dienone is 1. The van der Waals surface area contributed by atoms with Crippen molar-refractivity contribution in [2.75, 3.05) is 18.9 Å². The van der Waals surface area contributed by atoms with Gasteiger partial charge in [-0.1, -0.05) is 17.8 Å². The number of aromatic nitrogens is 1. The van der Waals surface area contributed by atoms with Crippen LogP contribution in [0, 0.1) is 6.92 Å². The van der Waals surface area contributed by atoms with E-state index in [0.29, 0.717) is 12.2 Å². The van der Waals surface area contributed by atoms with Gasteiger partial charge in [-0.05, 0) is 32.9 Å². The lowest BCUT2D eigenvalue weighted by Gasteiger charge is -2.09. The second kappa shape index (κ2) is 8.66. The van der Waals surface area contributed by atoms with Gasteiger partial charge in [-0.3, -0.25) is 4.79 Å². The third-order valence-corrected chi connectivity index (χ3v) is 4.93. The zero-order valence-corrected chi connectivity index (χ0v) is 16.2. The summed E-state index contributed by atoms with van der Waals surface area (Å²) in [5, 5.41) is 18.7. The third kappa shape index (κ3) is 4.32. The molecule has 1 aromatic carbocycles. The third-order valence-electron chi connectivity index (χ3n) is 3.78. The average Bonchev–Trinajstić information content (AvgIpc) is 2.81. The summed E-state index contributed by atoms with van der Waals surface area (Å²) in [5.41, 5.74) is 2.28. The molecule has 7 nitrogen and oxygen atoms in total.